The van der Waals surface area contributed by atoms with Gasteiger partial charge in [-0.2, -0.15) is 0 Å². The van der Waals surface area contributed by atoms with E-state index in [1.165, 1.54) is 64.2 Å². The third-order valence-corrected chi connectivity index (χ3v) is 13.1. The predicted molar refractivity (Wildman–Crippen MR) is 334 cm³/mol. The first-order chi connectivity index (χ1) is 38.0. The molecule has 0 N–H and O–H groups in total. The number of unbranched alkanes of at least 4 members (excludes halogenated alkanes) is 23. The number of carbonyl (C=O) groups is 3. The summed E-state index contributed by atoms with van der Waals surface area (Å²) in [6.07, 6.45) is 90.1. The summed E-state index contributed by atoms with van der Waals surface area (Å²) in [6, 6.07) is 0. The molecule has 0 aliphatic heterocycles. The van der Waals surface area contributed by atoms with Crippen LogP contribution >= 0.6 is 0 Å². The maximum absolute atomic E-state index is 12.9. The van der Waals surface area contributed by atoms with Crippen molar-refractivity contribution < 1.29 is 28.6 Å². The van der Waals surface area contributed by atoms with Crippen LogP contribution in [0.2, 0.25) is 0 Å². The Kier molecular flexibility index (Phi) is 60.4. The molecule has 1 atom stereocenters. The van der Waals surface area contributed by atoms with Crippen molar-refractivity contribution in [3.8, 4) is 0 Å². The highest BCUT2D eigenvalue weighted by atomic mass is 16.6. The molecular weight excluding hydrogens is 949 g/mol. The molecule has 0 aromatic rings. The van der Waals surface area contributed by atoms with Crippen molar-refractivity contribution in [2.75, 3.05) is 13.2 Å². The Morgan fingerprint density at radius 1 is 0.273 bits per heavy atom. The maximum Gasteiger partial charge on any atom is 0.306 e. The van der Waals surface area contributed by atoms with Gasteiger partial charge in [-0.05, 0) is 141 Å². The molecule has 77 heavy (non-hydrogen) atoms. The summed E-state index contributed by atoms with van der Waals surface area (Å²) in [4.78, 5) is 38.3. The van der Waals surface area contributed by atoms with E-state index in [0.717, 1.165) is 173 Å². The van der Waals surface area contributed by atoms with Gasteiger partial charge in [-0.25, -0.2) is 0 Å². The zero-order valence-electron chi connectivity index (χ0n) is 49.9. The minimum Gasteiger partial charge on any atom is -0.462 e. The standard InChI is InChI=1S/C71H116O6/c1-4-7-10-13-16-19-22-25-28-31-32-33-34-35-36-37-38-39-40-41-44-46-49-52-55-58-61-64-70(73)76-67-68(77-71(74)65-62-59-56-53-50-47-43-30-27-24-21-18-15-12-9-6-3)66-75-69(72)63-60-57-54-51-48-45-42-29-26-23-20-17-14-11-8-5-2/h7,10,16,19-21,23-25,28-30,32-33,35-36,38-39,41-44,68H,4-6,8-9,11-15,17-18,22,26-27,31,34,37,40,45-67H2,1-3H3/b10-7-,19-16-,23-20-,24-21-,28-25-,33-32-,36-35-,39-38-,42-29-,43-30-,44-41-. The van der Waals surface area contributed by atoms with Gasteiger partial charge in [0, 0.05) is 19.3 Å². The topological polar surface area (TPSA) is 78.9 Å². The Bertz CT molecular complexity index is 1650. The number of rotatable bonds is 56. The number of allylic oxidation sites excluding steroid dienone is 22. The third-order valence-electron chi connectivity index (χ3n) is 13.1. The van der Waals surface area contributed by atoms with Gasteiger partial charge >= 0.3 is 17.9 Å². The zero-order valence-corrected chi connectivity index (χ0v) is 49.9. The van der Waals surface area contributed by atoms with Crippen LogP contribution in [0.3, 0.4) is 0 Å². The van der Waals surface area contributed by atoms with Gasteiger partial charge in [0.1, 0.15) is 13.2 Å². The number of hydrogen-bond acceptors (Lipinski definition) is 6. The molecule has 0 aromatic carbocycles. The Morgan fingerprint density at radius 3 is 0.792 bits per heavy atom. The van der Waals surface area contributed by atoms with Gasteiger partial charge in [-0.15, -0.1) is 0 Å². The second-order valence-corrected chi connectivity index (χ2v) is 20.6. The molecule has 0 aromatic heterocycles. The minimum atomic E-state index is -0.806. The van der Waals surface area contributed by atoms with Gasteiger partial charge in [0.2, 0.25) is 0 Å². The first-order valence-corrected chi connectivity index (χ1v) is 31.7. The van der Waals surface area contributed by atoms with Crippen LogP contribution in [0.1, 0.15) is 278 Å². The lowest BCUT2D eigenvalue weighted by molar-refractivity contribution is -0.167. The van der Waals surface area contributed by atoms with E-state index in [2.05, 4.69) is 154 Å². The Labute approximate surface area is 475 Å². The average Bonchev–Trinajstić information content (AvgIpc) is 3.43. The van der Waals surface area contributed by atoms with E-state index in [-0.39, 0.29) is 31.1 Å². The Hall–Kier alpha value is -4.45. The van der Waals surface area contributed by atoms with Crippen molar-refractivity contribution in [1.29, 1.82) is 0 Å². The van der Waals surface area contributed by atoms with E-state index in [9.17, 15) is 14.4 Å². The van der Waals surface area contributed by atoms with Crippen molar-refractivity contribution in [3.63, 3.8) is 0 Å². The molecule has 0 bridgehead atoms. The molecule has 0 aliphatic carbocycles. The molecule has 0 radical (unpaired) electrons. The highest BCUT2D eigenvalue weighted by Crippen LogP contribution is 2.14. The molecular formula is C71H116O6. The highest BCUT2D eigenvalue weighted by molar-refractivity contribution is 5.71. The van der Waals surface area contributed by atoms with Crippen LogP contribution in [0, 0.1) is 0 Å². The molecule has 0 amide bonds. The fraction of sp³-hybridized carbons (Fsp3) is 0.648. The van der Waals surface area contributed by atoms with Crippen LogP contribution in [0.25, 0.3) is 0 Å². The van der Waals surface area contributed by atoms with Crippen LogP contribution < -0.4 is 0 Å². The predicted octanol–water partition coefficient (Wildman–Crippen LogP) is 21.8. The van der Waals surface area contributed by atoms with E-state index in [1.54, 1.807) is 0 Å². The van der Waals surface area contributed by atoms with E-state index in [4.69, 9.17) is 14.2 Å². The van der Waals surface area contributed by atoms with Gasteiger partial charge in [0.05, 0.1) is 0 Å². The van der Waals surface area contributed by atoms with Gasteiger partial charge in [0.15, 0.2) is 6.10 Å². The summed E-state index contributed by atoms with van der Waals surface area (Å²) in [5, 5.41) is 0. The van der Waals surface area contributed by atoms with Crippen LogP contribution in [0.4, 0.5) is 0 Å². The molecule has 0 saturated carbocycles. The smallest absolute Gasteiger partial charge is 0.306 e. The summed E-state index contributed by atoms with van der Waals surface area (Å²) in [7, 11) is 0. The van der Waals surface area contributed by atoms with Crippen molar-refractivity contribution in [3.05, 3.63) is 134 Å². The minimum absolute atomic E-state index is 0.101. The Balaban J connectivity index is 4.44. The lowest BCUT2D eigenvalue weighted by atomic mass is 10.1. The summed E-state index contributed by atoms with van der Waals surface area (Å²) < 4.78 is 16.9. The van der Waals surface area contributed by atoms with Crippen LogP contribution in [0.5, 0.6) is 0 Å². The molecule has 1 unspecified atom stereocenters. The summed E-state index contributed by atoms with van der Waals surface area (Å²) in [5.74, 6) is -0.946. The lowest BCUT2D eigenvalue weighted by Gasteiger charge is -2.18. The number of ether oxygens (including phenoxy) is 3. The summed E-state index contributed by atoms with van der Waals surface area (Å²) in [5.41, 5.74) is 0. The fourth-order valence-corrected chi connectivity index (χ4v) is 8.36. The number of esters is 3. The first kappa shape index (κ1) is 72.5. The van der Waals surface area contributed by atoms with Gasteiger partial charge in [-0.1, -0.05) is 251 Å². The normalized spacial score (nSPS) is 13.0. The van der Waals surface area contributed by atoms with Crippen LogP contribution in [-0.2, 0) is 28.6 Å². The molecule has 0 fully saturated rings. The largest absolute Gasteiger partial charge is 0.462 e. The van der Waals surface area contributed by atoms with Gasteiger partial charge in [0.25, 0.3) is 0 Å². The van der Waals surface area contributed by atoms with Gasteiger partial charge < -0.3 is 14.2 Å². The first-order valence-electron chi connectivity index (χ1n) is 31.7. The van der Waals surface area contributed by atoms with Crippen molar-refractivity contribution in [1.82, 2.24) is 0 Å². The van der Waals surface area contributed by atoms with Gasteiger partial charge in [-0.3, -0.25) is 14.4 Å². The van der Waals surface area contributed by atoms with Crippen molar-refractivity contribution in [2.45, 2.75) is 284 Å². The molecule has 0 spiro atoms. The second kappa shape index (κ2) is 64.1. The molecule has 0 rings (SSSR count). The second-order valence-electron chi connectivity index (χ2n) is 20.6. The van der Waals surface area contributed by atoms with E-state index in [0.29, 0.717) is 19.3 Å². The maximum atomic E-state index is 12.9. The zero-order chi connectivity index (χ0) is 55.7. The van der Waals surface area contributed by atoms with Crippen molar-refractivity contribution >= 4 is 17.9 Å². The van der Waals surface area contributed by atoms with E-state index >= 15 is 0 Å². The van der Waals surface area contributed by atoms with Crippen molar-refractivity contribution in [2.24, 2.45) is 0 Å². The SMILES string of the molecule is CC/C=C\C/C=C\C/C=C\C/C=C\C/C=C\C/C=C\C/C=C\CCCCCCCC(=O)OCC(COC(=O)CCCCCCC/C=C\C/C=C\CCCCCC)OC(=O)CCCCCCC/C=C\C/C=C\CCCCCC. The monoisotopic (exact) mass is 1060 g/mol. The highest BCUT2D eigenvalue weighted by Gasteiger charge is 2.19. The molecule has 0 heterocycles. The quantitative estimate of drug-likeness (QED) is 0.0261. The molecule has 436 valence electrons. The average molecular weight is 1070 g/mol. The van der Waals surface area contributed by atoms with E-state index < -0.39 is 6.10 Å². The molecule has 0 aliphatic rings. The summed E-state index contributed by atoms with van der Waals surface area (Å²) >= 11 is 0. The fourth-order valence-electron chi connectivity index (χ4n) is 8.36. The number of carbonyl (C=O) groups excluding carboxylic acids is 3. The number of hydrogen-bond donors (Lipinski definition) is 0. The Morgan fingerprint density at radius 2 is 0.506 bits per heavy atom. The lowest BCUT2D eigenvalue weighted by Crippen LogP contribution is -2.30. The van der Waals surface area contributed by atoms with Crippen LogP contribution in [-0.4, -0.2) is 37.2 Å². The molecule has 0 saturated heterocycles. The van der Waals surface area contributed by atoms with Crippen LogP contribution in [0.15, 0.2) is 134 Å². The molecule has 6 nitrogen and oxygen atoms in total. The third kappa shape index (κ3) is 62.3. The summed E-state index contributed by atoms with van der Waals surface area (Å²) in [6.45, 7) is 6.46. The molecule has 6 heteroatoms. The van der Waals surface area contributed by atoms with E-state index in [1.807, 2.05) is 0 Å².